The molecular weight excluding hydrogens is 325 g/mol. The Bertz CT molecular complexity index is 796. The Morgan fingerprint density at radius 3 is 2.52 bits per heavy atom. The third kappa shape index (κ3) is 3.44. The summed E-state index contributed by atoms with van der Waals surface area (Å²) < 4.78 is 39.6. The Morgan fingerprint density at radius 2 is 2.00 bits per heavy atom. The van der Waals surface area contributed by atoms with E-state index < -0.39 is 31.3 Å². The molecule has 0 aliphatic heterocycles. The molecule has 0 spiro atoms. The van der Waals surface area contributed by atoms with E-state index in [-0.39, 0.29) is 5.82 Å². The Hall–Kier alpha value is -2.26. The van der Waals surface area contributed by atoms with Crippen LogP contribution in [-0.2, 0) is 10.0 Å². The summed E-state index contributed by atoms with van der Waals surface area (Å²) in [5.41, 5.74) is -0.807. The number of aromatic nitrogens is 1. The number of sulfonamides is 1. The number of hydrogen-bond donors (Lipinski definition) is 1. The van der Waals surface area contributed by atoms with Crippen molar-refractivity contribution in [2.24, 2.45) is 0 Å². The van der Waals surface area contributed by atoms with Gasteiger partial charge in [0.05, 0.1) is 14.8 Å². The second-order valence-electron chi connectivity index (χ2n) is 3.84. The summed E-state index contributed by atoms with van der Waals surface area (Å²) in [5, 5.41) is 10.8. The summed E-state index contributed by atoms with van der Waals surface area (Å²) in [4.78, 5) is 12.8. The zero-order valence-corrected chi connectivity index (χ0v) is 11.7. The molecule has 1 heterocycles. The summed E-state index contributed by atoms with van der Waals surface area (Å²) in [6.45, 7) is 0. The largest absolute Gasteiger partial charge is 0.304 e. The van der Waals surface area contributed by atoms with Gasteiger partial charge in [0.15, 0.2) is 0 Å². The fourth-order valence-corrected chi connectivity index (χ4v) is 2.57. The first-order valence-electron chi connectivity index (χ1n) is 5.38. The van der Waals surface area contributed by atoms with E-state index in [9.17, 15) is 22.9 Å². The molecule has 0 radical (unpaired) electrons. The summed E-state index contributed by atoms with van der Waals surface area (Å²) in [7, 11) is -4.11. The normalized spacial score (nSPS) is 11.1. The van der Waals surface area contributed by atoms with Crippen LogP contribution in [0.15, 0.2) is 41.4 Å². The number of rotatable bonds is 4. The number of nitro benzene ring substituents is 1. The minimum atomic E-state index is -4.11. The molecule has 2 aromatic rings. The number of halogens is 2. The van der Waals surface area contributed by atoms with E-state index in [0.717, 1.165) is 12.1 Å². The highest BCUT2D eigenvalue weighted by molar-refractivity contribution is 7.92. The number of hydrogen-bond acceptors (Lipinski definition) is 5. The van der Waals surface area contributed by atoms with Gasteiger partial charge in [0.1, 0.15) is 5.82 Å². The molecule has 0 unspecified atom stereocenters. The van der Waals surface area contributed by atoms with Crippen LogP contribution < -0.4 is 4.72 Å². The van der Waals surface area contributed by atoms with Crippen molar-refractivity contribution in [1.82, 2.24) is 4.98 Å². The van der Waals surface area contributed by atoms with Crippen LogP contribution in [0.1, 0.15) is 0 Å². The van der Waals surface area contributed by atoms with Crippen LogP contribution in [0, 0.1) is 15.9 Å². The Balaban J connectivity index is 2.33. The standard InChI is InChI=1S/C11H7ClFN3O4S/c12-7-1-4-11(14-6-7)15-21(19,20)8-2-3-10(16(17)18)9(13)5-8/h1-6H,(H,14,15). The average molecular weight is 332 g/mol. The van der Waals surface area contributed by atoms with E-state index in [1.54, 1.807) is 0 Å². The van der Waals surface area contributed by atoms with Gasteiger partial charge in [-0.3, -0.25) is 14.8 Å². The predicted molar refractivity (Wildman–Crippen MR) is 73.1 cm³/mol. The average Bonchev–Trinajstić information content (AvgIpc) is 2.40. The monoisotopic (exact) mass is 331 g/mol. The van der Waals surface area contributed by atoms with E-state index in [0.29, 0.717) is 11.1 Å². The van der Waals surface area contributed by atoms with Gasteiger partial charge < -0.3 is 0 Å². The SMILES string of the molecule is O=[N+]([O-])c1ccc(S(=O)(=O)Nc2ccc(Cl)cn2)cc1F. The topological polar surface area (TPSA) is 102 Å². The lowest BCUT2D eigenvalue weighted by Crippen LogP contribution is -2.14. The number of nitrogens with one attached hydrogen (secondary N) is 1. The fraction of sp³-hybridized carbons (Fsp3) is 0. The molecule has 0 atom stereocenters. The minimum absolute atomic E-state index is 0.0156. The summed E-state index contributed by atoms with van der Waals surface area (Å²) in [5.74, 6) is -1.26. The highest BCUT2D eigenvalue weighted by atomic mass is 35.5. The van der Waals surface area contributed by atoms with Crippen molar-refractivity contribution < 1.29 is 17.7 Å². The molecule has 7 nitrogen and oxygen atoms in total. The van der Waals surface area contributed by atoms with Crippen LogP contribution in [0.2, 0.25) is 5.02 Å². The molecule has 2 rings (SSSR count). The van der Waals surface area contributed by atoms with Crippen LogP contribution in [0.3, 0.4) is 0 Å². The first-order valence-corrected chi connectivity index (χ1v) is 7.24. The first kappa shape index (κ1) is 15.1. The van der Waals surface area contributed by atoms with Gasteiger partial charge in [-0.25, -0.2) is 13.4 Å². The highest BCUT2D eigenvalue weighted by Gasteiger charge is 2.21. The number of benzene rings is 1. The second kappa shape index (κ2) is 5.62. The number of pyridine rings is 1. The van der Waals surface area contributed by atoms with Gasteiger partial charge in [-0.1, -0.05) is 11.6 Å². The molecule has 0 aliphatic rings. The van der Waals surface area contributed by atoms with Gasteiger partial charge in [0, 0.05) is 18.3 Å². The van der Waals surface area contributed by atoms with E-state index in [1.807, 2.05) is 0 Å². The molecule has 1 aromatic heterocycles. The third-order valence-corrected chi connectivity index (χ3v) is 3.97. The Morgan fingerprint density at radius 1 is 1.29 bits per heavy atom. The number of anilines is 1. The molecule has 10 heteroatoms. The van der Waals surface area contributed by atoms with Crippen LogP contribution in [0.25, 0.3) is 0 Å². The maximum atomic E-state index is 13.5. The molecule has 1 N–H and O–H groups in total. The van der Waals surface area contributed by atoms with Gasteiger partial charge in [-0.05, 0) is 18.2 Å². The number of nitro groups is 1. The highest BCUT2D eigenvalue weighted by Crippen LogP contribution is 2.22. The van der Waals surface area contributed by atoms with E-state index >= 15 is 0 Å². The third-order valence-electron chi connectivity index (χ3n) is 2.39. The lowest BCUT2D eigenvalue weighted by atomic mass is 10.3. The van der Waals surface area contributed by atoms with Gasteiger partial charge in [0.25, 0.3) is 10.0 Å². The van der Waals surface area contributed by atoms with Crippen molar-refractivity contribution in [3.63, 3.8) is 0 Å². The lowest BCUT2D eigenvalue weighted by Gasteiger charge is -2.07. The van der Waals surface area contributed by atoms with Gasteiger partial charge in [0.2, 0.25) is 5.82 Å². The van der Waals surface area contributed by atoms with Crippen LogP contribution in [0.5, 0.6) is 0 Å². The van der Waals surface area contributed by atoms with Gasteiger partial charge in [-0.2, -0.15) is 4.39 Å². The van der Waals surface area contributed by atoms with Gasteiger partial charge >= 0.3 is 5.69 Å². The van der Waals surface area contributed by atoms with E-state index in [2.05, 4.69) is 9.71 Å². The predicted octanol–water partition coefficient (Wildman–Crippen LogP) is 2.58. The minimum Gasteiger partial charge on any atom is -0.263 e. The summed E-state index contributed by atoms with van der Waals surface area (Å²) in [6, 6.07) is 5.01. The zero-order valence-electron chi connectivity index (χ0n) is 10.2. The molecule has 110 valence electrons. The number of nitrogens with zero attached hydrogens (tertiary/aromatic N) is 2. The fourth-order valence-electron chi connectivity index (χ4n) is 1.44. The molecule has 21 heavy (non-hydrogen) atoms. The van der Waals surface area contributed by atoms with Crippen molar-refractivity contribution in [3.8, 4) is 0 Å². The summed E-state index contributed by atoms with van der Waals surface area (Å²) in [6.07, 6.45) is 1.23. The maximum absolute atomic E-state index is 13.5. The molecule has 0 saturated heterocycles. The van der Waals surface area contributed by atoms with Crippen molar-refractivity contribution in [3.05, 3.63) is 57.5 Å². The molecule has 0 aliphatic carbocycles. The van der Waals surface area contributed by atoms with Crippen molar-refractivity contribution >= 4 is 33.1 Å². The van der Waals surface area contributed by atoms with Crippen molar-refractivity contribution in [2.75, 3.05) is 4.72 Å². The Kier molecular flexibility index (Phi) is 4.05. The van der Waals surface area contributed by atoms with Gasteiger partial charge in [-0.15, -0.1) is 0 Å². The lowest BCUT2D eigenvalue weighted by molar-refractivity contribution is -0.387. The van der Waals surface area contributed by atoms with Crippen LogP contribution in [0.4, 0.5) is 15.9 Å². The summed E-state index contributed by atoms with van der Waals surface area (Å²) >= 11 is 5.61. The van der Waals surface area contributed by atoms with Crippen LogP contribution >= 0.6 is 11.6 Å². The first-order chi connectivity index (χ1) is 9.79. The van der Waals surface area contributed by atoms with Crippen LogP contribution in [-0.4, -0.2) is 18.3 Å². The van der Waals surface area contributed by atoms with E-state index in [1.165, 1.54) is 18.3 Å². The van der Waals surface area contributed by atoms with Crippen molar-refractivity contribution in [2.45, 2.75) is 4.90 Å². The molecular formula is C11H7ClFN3O4S. The zero-order chi connectivity index (χ0) is 15.6. The molecule has 0 saturated carbocycles. The maximum Gasteiger partial charge on any atom is 0.304 e. The van der Waals surface area contributed by atoms with Crippen molar-refractivity contribution in [1.29, 1.82) is 0 Å². The second-order valence-corrected chi connectivity index (χ2v) is 5.96. The molecule has 0 fully saturated rings. The quantitative estimate of drug-likeness (QED) is 0.685. The Labute approximate surface area is 123 Å². The molecule has 1 aromatic carbocycles. The molecule has 0 bridgehead atoms. The molecule has 0 amide bonds. The smallest absolute Gasteiger partial charge is 0.263 e. The van der Waals surface area contributed by atoms with E-state index in [4.69, 9.17) is 11.6 Å².